The second-order valence-electron chi connectivity index (χ2n) is 3.00. The molecule has 0 bridgehead atoms. The molecule has 76 valence electrons. The van der Waals surface area contributed by atoms with Gasteiger partial charge in [-0.3, -0.25) is 0 Å². The van der Waals surface area contributed by atoms with E-state index in [9.17, 15) is 0 Å². The summed E-state index contributed by atoms with van der Waals surface area (Å²) in [6.45, 7) is 13.6. The van der Waals surface area contributed by atoms with Gasteiger partial charge in [-0.15, -0.1) is 0 Å². The van der Waals surface area contributed by atoms with Gasteiger partial charge in [0.25, 0.3) is 0 Å². The summed E-state index contributed by atoms with van der Waals surface area (Å²) in [5.74, 6) is 0. The highest BCUT2D eigenvalue weighted by atomic mass is 16.2. The summed E-state index contributed by atoms with van der Waals surface area (Å²) < 4.78 is 0. The number of aliphatic hydroxyl groups is 1. The van der Waals surface area contributed by atoms with E-state index >= 15 is 0 Å². The molecule has 0 aromatic carbocycles. The van der Waals surface area contributed by atoms with Crippen molar-refractivity contribution in [1.29, 1.82) is 0 Å². The van der Waals surface area contributed by atoms with Gasteiger partial charge < -0.3 is 5.11 Å². The first kappa shape index (κ1) is 14.7. The van der Waals surface area contributed by atoms with Crippen LogP contribution in [0, 0.1) is 0 Å². The topological polar surface area (TPSA) is 20.2 Å². The molecular weight excluding hydrogens is 160 g/mol. The lowest BCUT2D eigenvalue weighted by Crippen LogP contribution is -1.74. The zero-order chi connectivity index (χ0) is 10.7. The van der Waals surface area contributed by atoms with Gasteiger partial charge in [-0.1, -0.05) is 36.5 Å². The van der Waals surface area contributed by atoms with E-state index in [0.29, 0.717) is 0 Å². The Morgan fingerprint density at radius 1 is 1.38 bits per heavy atom. The quantitative estimate of drug-likeness (QED) is 0.521. The molecule has 0 aliphatic rings. The number of aliphatic hydroxyl groups excluding tert-OH is 1. The standard InChI is InChI=1S/C10H16.C2H6O/c1-5-10(4)8-6-7-9(2)3;1-2-3/h5,7H,1,4,6,8H2,2-3H3;3H,2H2,1H3. The van der Waals surface area contributed by atoms with Crippen molar-refractivity contribution in [3.05, 3.63) is 36.5 Å². The smallest absolute Gasteiger partial charge is 0.0402 e. The van der Waals surface area contributed by atoms with Gasteiger partial charge in [0.05, 0.1) is 0 Å². The molecular formula is C12H22O. The second kappa shape index (κ2) is 11.2. The van der Waals surface area contributed by atoms with Crippen LogP contribution >= 0.6 is 0 Å². The van der Waals surface area contributed by atoms with Crippen LogP contribution in [-0.2, 0) is 0 Å². The monoisotopic (exact) mass is 182 g/mol. The largest absolute Gasteiger partial charge is 0.397 e. The predicted molar refractivity (Wildman–Crippen MR) is 60.8 cm³/mol. The van der Waals surface area contributed by atoms with Crippen molar-refractivity contribution in [3.63, 3.8) is 0 Å². The van der Waals surface area contributed by atoms with Crippen LogP contribution in [0.5, 0.6) is 0 Å². The lowest BCUT2D eigenvalue weighted by molar-refractivity contribution is 0.318. The summed E-state index contributed by atoms with van der Waals surface area (Å²) in [5, 5.41) is 7.57. The van der Waals surface area contributed by atoms with Gasteiger partial charge in [-0.2, -0.15) is 0 Å². The summed E-state index contributed by atoms with van der Waals surface area (Å²) in [6, 6.07) is 0. The van der Waals surface area contributed by atoms with E-state index in [1.807, 2.05) is 6.08 Å². The van der Waals surface area contributed by atoms with Crippen LogP contribution in [0.15, 0.2) is 36.5 Å². The first-order valence-corrected chi connectivity index (χ1v) is 4.62. The fourth-order valence-electron chi connectivity index (χ4n) is 0.648. The van der Waals surface area contributed by atoms with Crippen molar-refractivity contribution in [2.75, 3.05) is 6.61 Å². The van der Waals surface area contributed by atoms with Crippen molar-refractivity contribution in [1.82, 2.24) is 0 Å². The molecule has 1 N–H and O–H groups in total. The van der Waals surface area contributed by atoms with E-state index in [1.165, 1.54) is 5.57 Å². The Bertz CT molecular complexity index is 162. The van der Waals surface area contributed by atoms with E-state index in [4.69, 9.17) is 5.11 Å². The number of hydrogen-bond acceptors (Lipinski definition) is 1. The zero-order valence-corrected chi connectivity index (χ0v) is 9.14. The fraction of sp³-hybridized carbons (Fsp3) is 0.500. The number of allylic oxidation sites excluding steroid dienone is 4. The van der Waals surface area contributed by atoms with Crippen LogP contribution in [0.25, 0.3) is 0 Å². The molecule has 0 aromatic heterocycles. The summed E-state index contributed by atoms with van der Waals surface area (Å²) in [6.07, 6.45) is 6.16. The first-order valence-electron chi connectivity index (χ1n) is 4.62. The maximum Gasteiger partial charge on any atom is 0.0402 e. The Morgan fingerprint density at radius 3 is 2.15 bits per heavy atom. The van der Waals surface area contributed by atoms with Gasteiger partial charge in [0.2, 0.25) is 0 Å². The highest BCUT2D eigenvalue weighted by Gasteiger charge is 1.84. The maximum atomic E-state index is 7.57. The lowest BCUT2D eigenvalue weighted by Gasteiger charge is -1.94. The molecule has 0 radical (unpaired) electrons. The third-order valence-electron chi connectivity index (χ3n) is 1.31. The first-order chi connectivity index (χ1) is 6.08. The van der Waals surface area contributed by atoms with Crippen molar-refractivity contribution < 1.29 is 5.11 Å². The van der Waals surface area contributed by atoms with Gasteiger partial charge >= 0.3 is 0 Å². The Balaban J connectivity index is 0. The Hall–Kier alpha value is -0.820. The van der Waals surface area contributed by atoms with Crippen LogP contribution < -0.4 is 0 Å². The van der Waals surface area contributed by atoms with Crippen LogP contribution in [0.4, 0.5) is 0 Å². The Morgan fingerprint density at radius 2 is 1.85 bits per heavy atom. The van der Waals surface area contributed by atoms with Gasteiger partial charge in [0.15, 0.2) is 0 Å². The van der Waals surface area contributed by atoms with E-state index in [0.717, 1.165) is 18.4 Å². The van der Waals surface area contributed by atoms with Gasteiger partial charge in [0, 0.05) is 6.61 Å². The Kier molecular flexibility index (Phi) is 12.6. The summed E-state index contributed by atoms with van der Waals surface area (Å²) in [7, 11) is 0. The molecule has 0 aliphatic carbocycles. The SMILES string of the molecule is C=CC(=C)CCC=C(C)C.CCO. The Labute approximate surface area is 82.5 Å². The minimum Gasteiger partial charge on any atom is -0.397 e. The van der Waals surface area contributed by atoms with Crippen LogP contribution in [0.2, 0.25) is 0 Å². The van der Waals surface area contributed by atoms with Gasteiger partial charge in [0.1, 0.15) is 0 Å². The average molecular weight is 182 g/mol. The van der Waals surface area contributed by atoms with E-state index in [-0.39, 0.29) is 6.61 Å². The van der Waals surface area contributed by atoms with Crippen LogP contribution in [-0.4, -0.2) is 11.7 Å². The molecule has 0 rings (SSSR count). The van der Waals surface area contributed by atoms with E-state index in [1.54, 1.807) is 6.92 Å². The van der Waals surface area contributed by atoms with Gasteiger partial charge in [-0.25, -0.2) is 0 Å². The zero-order valence-electron chi connectivity index (χ0n) is 9.14. The third-order valence-corrected chi connectivity index (χ3v) is 1.31. The highest BCUT2D eigenvalue weighted by molar-refractivity contribution is 5.11. The molecule has 0 fully saturated rings. The van der Waals surface area contributed by atoms with E-state index < -0.39 is 0 Å². The molecule has 13 heavy (non-hydrogen) atoms. The molecule has 1 nitrogen and oxygen atoms in total. The molecule has 1 heteroatoms. The average Bonchev–Trinajstić information content (AvgIpc) is 2.05. The molecule has 0 saturated heterocycles. The highest BCUT2D eigenvalue weighted by Crippen LogP contribution is 2.04. The van der Waals surface area contributed by atoms with E-state index in [2.05, 4.69) is 33.1 Å². The summed E-state index contributed by atoms with van der Waals surface area (Å²) >= 11 is 0. The number of hydrogen-bond donors (Lipinski definition) is 1. The lowest BCUT2D eigenvalue weighted by atomic mass is 10.1. The molecule has 0 heterocycles. The summed E-state index contributed by atoms with van der Waals surface area (Å²) in [5.41, 5.74) is 2.49. The van der Waals surface area contributed by atoms with Crippen molar-refractivity contribution >= 4 is 0 Å². The minimum atomic E-state index is 0.250. The molecule has 0 aromatic rings. The molecule has 0 amide bonds. The van der Waals surface area contributed by atoms with Gasteiger partial charge in [-0.05, 0) is 33.6 Å². The predicted octanol–water partition coefficient (Wildman–Crippen LogP) is 3.47. The van der Waals surface area contributed by atoms with Crippen molar-refractivity contribution in [3.8, 4) is 0 Å². The molecule has 0 saturated carbocycles. The van der Waals surface area contributed by atoms with Crippen LogP contribution in [0.1, 0.15) is 33.6 Å². The maximum absolute atomic E-state index is 7.57. The summed E-state index contributed by atoms with van der Waals surface area (Å²) in [4.78, 5) is 0. The number of rotatable bonds is 4. The molecule has 0 atom stereocenters. The third kappa shape index (κ3) is 18.3. The van der Waals surface area contributed by atoms with Crippen LogP contribution in [0.3, 0.4) is 0 Å². The normalized spacial score (nSPS) is 8.00. The molecule has 0 spiro atoms. The minimum absolute atomic E-state index is 0.250. The second-order valence-corrected chi connectivity index (χ2v) is 3.00. The fourth-order valence-corrected chi connectivity index (χ4v) is 0.648. The van der Waals surface area contributed by atoms with Crippen molar-refractivity contribution in [2.45, 2.75) is 33.6 Å². The molecule has 0 aliphatic heterocycles. The van der Waals surface area contributed by atoms with Crippen molar-refractivity contribution in [2.24, 2.45) is 0 Å². The molecule has 0 unspecified atom stereocenters.